The molecule has 32 heavy (non-hydrogen) atoms. The molecule has 0 aliphatic rings. The molecule has 162 valence electrons. The number of halogens is 1. The lowest BCUT2D eigenvalue weighted by molar-refractivity contribution is 0.0522. The standard InChI is InChI=1S/C24H20IN3O4/c1-3-31-24(30)20-21(32-25)19-12-18(17-6-4-15(2)5-7-17)13-27-22(19)28(23(20)29)14-16-8-10-26-11-9-16/h4-13H,3,14H2,1-2H3. The smallest absolute Gasteiger partial charge is 0.347 e. The molecule has 0 bridgehead atoms. The highest BCUT2D eigenvalue weighted by Gasteiger charge is 2.26. The number of ether oxygens (including phenoxy) is 1. The normalized spacial score (nSPS) is 10.8. The van der Waals surface area contributed by atoms with Gasteiger partial charge in [-0.15, -0.1) is 0 Å². The van der Waals surface area contributed by atoms with Crippen LogP contribution in [0.15, 0.2) is 65.8 Å². The summed E-state index contributed by atoms with van der Waals surface area (Å²) in [6, 6.07) is 13.5. The molecule has 3 heterocycles. The first-order valence-electron chi connectivity index (χ1n) is 10.0. The van der Waals surface area contributed by atoms with E-state index in [4.69, 9.17) is 7.80 Å². The van der Waals surface area contributed by atoms with E-state index in [0.717, 1.165) is 22.3 Å². The van der Waals surface area contributed by atoms with Crippen LogP contribution in [0.3, 0.4) is 0 Å². The Labute approximate surface area is 198 Å². The second-order valence-corrected chi connectivity index (χ2v) is 7.65. The number of carbonyl (C=O) groups is 1. The van der Waals surface area contributed by atoms with Crippen LogP contribution in [-0.4, -0.2) is 27.1 Å². The number of hydrogen-bond acceptors (Lipinski definition) is 6. The zero-order chi connectivity index (χ0) is 22.7. The molecule has 0 N–H and O–H groups in total. The molecule has 3 aromatic heterocycles. The molecule has 4 rings (SSSR count). The number of rotatable bonds is 6. The Bertz CT molecular complexity index is 1340. The SMILES string of the molecule is CCOC(=O)c1c(OI)c2cc(-c3ccc(C)cc3)cnc2n(Cc2ccncc2)c1=O. The summed E-state index contributed by atoms with van der Waals surface area (Å²) in [5.74, 6) is -0.577. The van der Waals surface area contributed by atoms with Gasteiger partial charge >= 0.3 is 5.97 Å². The molecule has 0 spiro atoms. The highest BCUT2D eigenvalue weighted by atomic mass is 127. The largest absolute Gasteiger partial charge is 0.462 e. The third-order valence-electron chi connectivity index (χ3n) is 5.08. The highest BCUT2D eigenvalue weighted by molar-refractivity contribution is 14.1. The van der Waals surface area contributed by atoms with Crippen molar-refractivity contribution in [3.63, 3.8) is 0 Å². The number of hydrogen-bond donors (Lipinski definition) is 0. The zero-order valence-electron chi connectivity index (χ0n) is 17.5. The molecule has 4 aromatic rings. The predicted octanol–water partition coefficient (Wildman–Crippen LogP) is 4.72. The lowest BCUT2D eigenvalue weighted by atomic mass is 10.0. The number of benzene rings is 1. The van der Waals surface area contributed by atoms with E-state index in [-0.39, 0.29) is 24.5 Å². The average molecular weight is 541 g/mol. The van der Waals surface area contributed by atoms with Gasteiger partial charge in [-0.05, 0) is 43.2 Å². The van der Waals surface area contributed by atoms with E-state index in [0.29, 0.717) is 11.0 Å². The van der Waals surface area contributed by atoms with Gasteiger partial charge in [0, 0.05) is 24.2 Å². The van der Waals surface area contributed by atoms with Crippen LogP contribution >= 0.6 is 23.0 Å². The fourth-order valence-corrected chi connectivity index (χ4v) is 3.94. The van der Waals surface area contributed by atoms with Crippen molar-refractivity contribution >= 4 is 40.0 Å². The van der Waals surface area contributed by atoms with Crippen LogP contribution in [0, 0.1) is 6.92 Å². The van der Waals surface area contributed by atoms with Crippen LogP contribution < -0.4 is 8.63 Å². The van der Waals surface area contributed by atoms with E-state index in [9.17, 15) is 9.59 Å². The highest BCUT2D eigenvalue weighted by Crippen LogP contribution is 2.32. The summed E-state index contributed by atoms with van der Waals surface area (Å²) in [5, 5.41) is 0.550. The Morgan fingerprint density at radius 2 is 1.81 bits per heavy atom. The molecule has 0 saturated carbocycles. The predicted molar refractivity (Wildman–Crippen MR) is 130 cm³/mol. The molecule has 0 fully saturated rings. The molecule has 0 aliphatic carbocycles. The van der Waals surface area contributed by atoms with Crippen LogP contribution in [0.1, 0.15) is 28.4 Å². The molecule has 0 aliphatic heterocycles. The summed E-state index contributed by atoms with van der Waals surface area (Å²) in [4.78, 5) is 34.8. The maximum absolute atomic E-state index is 13.4. The van der Waals surface area contributed by atoms with Crippen LogP contribution in [-0.2, 0) is 11.3 Å². The van der Waals surface area contributed by atoms with Gasteiger partial charge in [-0.3, -0.25) is 14.3 Å². The van der Waals surface area contributed by atoms with Gasteiger partial charge in [0.15, 0.2) is 34.3 Å². The molecule has 0 radical (unpaired) electrons. The molecule has 0 amide bonds. The summed E-state index contributed by atoms with van der Waals surface area (Å²) in [6.07, 6.45) is 5.02. The van der Waals surface area contributed by atoms with Gasteiger partial charge in [-0.2, -0.15) is 0 Å². The van der Waals surface area contributed by atoms with Gasteiger partial charge in [0.25, 0.3) is 5.56 Å². The maximum atomic E-state index is 13.4. The number of fused-ring (bicyclic) bond motifs is 1. The van der Waals surface area contributed by atoms with Gasteiger partial charge in [-0.25, -0.2) is 9.78 Å². The van der Waals surface area contributed by atoms with Crippen LogP contribution in [0.25, 0.3) is 22.2 Å². The number of aryl methyl sites for hydroxylation is 1. The minimum Gasteiger partial charge on any atom is -0.462 e. The quantitative estimate of drug-likeness (QED) is 0.260. The summed E-state index contributed by atoms with van der Waals surface area (Å²) >= 11 is 1.68. The van der Waals surface area contributed by atoms with Gasteiger partial charge in [0.1, 0.15) is 5.65 Å². The third-order valence-corrected chi connectivity index (χ3v) is 5.53. The monoisotopic (exact) mass is 541 g/mol. The Morgan fingerprint density at radius 1 is 1.09 bits per heavy atom. The van der Waals surface area contributed by atoms with Crippen LogP contribution in [0.4, 0.5) is 0 Å². The zero-order valence-corrected chi connectivity index (χ0v) is 19.7. The third kappa shape index (κ3) is 4.22. The molecule has 0 saturated heterocycles. The Kier molecular flexibility index (Phi) is 6.50. The number of carbonyl (C=O) groups excluding carboxylic acids is 1. The summed E-state index contributed by atoms with van der Waals surface area (Å²) in [7, 11) is 0. The summed E-state index contributed by atoms with van der Waals surface area (Å²) < 4.78 is 12.2. The van der Waals surface area contributed by atoms with Crippen molar-refractivity contribution in [3.8, 4) is 16.9 Å². The number of esters is 1. The van der Waals surface area contributed by atoms with E-state index < -0.39 is 11.5 Å². The van der Waals surface area contributed by atoms with Crippen molar-refractivity contribution < 1.29 is 12.6 Å². The maximum Gasteiger partial charge on any atom is 0.347 e. The second kappa shape index (κ2) is 9.47. The van der Waals surface area contributed by atoms with Crippen molar-refractivity contribution in [2.24, 2.45) is 0 Å². The van der Waals surface area contributed by atoms with Crippen molar-refractivity contribution in [3.05, 3.63) is 88.1 Å². The van der Waals surface area contributed by atoms with E-state index in [2.05, 4.69) is 9.97 Å². The Balaban J connectivity index is 2.00. The minimum absolute atomic E-state index is 0.142. The van der Waals surface area contributed by atoms with Gasteiger partial charge in [-0.1, -0.05) is 29.8 Å². The lowest BCUT2D eigenvalue weighted by Gasteiger charge is -2.16. The van der Waals surface area contributed by atoms with Gasteiger partial charge in [0.05, 0.1) is 18.5 Å². The Morgan fingerprint density at radius 3 is 2.47 bits per heavy atom. The van der Waals surface area contributed by atoms with Gasteiger partial charge < -0.3 is 7.80 Å². The first-order valence-corrected chi connectivity index (χ1v) is 10.9. The summed E-state index contributed by atoms with van der Waals surface area (Å²) in [6.45, 7) is 4.08. The molecule has 8 heteroatoms. The van der Waals surface area contributed by atoms with Crippen LogP contribution in [0.5, 0.6) is 5.75 Å². The molecule has 0 unspecified atom stereocenters. The first-order chi connectivity index (χ1) is 15.5. The molecular weight excluding hydrogens is 521 g/mol. The van der Waals surface area contributed by atoms with Crippen molar-refractivity contribution in [2.45, 2.75) is 20.4 Å². The van der Waals surface area contributed by atoms with Crippen molar-refractivity contribution in [2.75, 3.05) is 6.61 Å². The van der Waals surface area contributed by atoms with Crippen LogP contribution in [0.2, 0.25) is 0 Å². The fraction of sp³-hybridized carbons (Fsp3) is 0.167. The number of aromatic nitrogens is 3. The molecule has 0 atom stereocenters. The molecule has 1 aromatic carbocycles. The minimum atomic E-state index is -0.727. The second-order valence-electron chi connectivity index (χ2n) is 7.21. The van der Waals surface area contributed by atoms with Crippen molar-refractivity contribution in [1.29, 1.82) is 0 Å². The number of pyridine rings is 3. The molecule has 7 nitrogen and oxygen atoms in total. The van der Waals surface area contributed by atoms with Crippen molar-refractivity contribution in [1.82, 2.24) is 14.5 Å². The number of nitrogens with zero attached hydrogens (tertiary/aromatic N) is 3. The summed E-state index contributed by atoms with van der Waals surface area (Å²) in [5.41, 5.74) is 3.56. The van der Waals surface area contributed by atoms with E-state index in [1.165, 1.54) is 4.57 Å². The van der Waals surface area contributed by atoms with Gasteiger partial charge in [0.2, 0.25) is 0 Å². The first kappa shape index (κ1) is 21.9. The average Bonchev–Trinajstić information content (AvgIpc) is 2.81. The lowest BCUT2D eigenvalue weighted by Crippen LogP contribution is -2.29. The van der Waals surface area contributed by atoms with E-state index in [1.807, 2.05) is 49.4 Å². The topological polar surface area (TPSA) is 83.3 Å². The van der Waals surface area contributed by atoms with E-state index in [1.54, 1.807) is 48.5 Å². The Hall–Kier alpha value is -3.27. The van der Waals surface area contributed by atoms with E-state index >= 15 is 0 Å². The fourth-order valence-electron chi connectivity index (χ4n) is 3.49. The molecular formula is C24H20IN3O4.